The average molecular weight is 1320 g/mol. The van der Waals surface area contributed by atoms with Gasteiger partial charge in [0.05, 0.1) is 53.2 Å². The summed E-state index contributed by atoms with van der Waals surface area (Å²) in [4.78, 5) is 121. The Morgan fingerprint density at radius 1 is 0.750 bits per heavy atom. The molecule has 7 aromatic rings. The fraction of sp³-hybridized carbons (Fsp3) is 0.375. The van der Waals surface area contributed by atoms with Gasteiger partial charge < -0.3 is 46.3 Å². The third-order valence-corrected chi connectivity index (χ3v) is 18.7. The van der Waals surface area contributed by atoms with Gasteiger partial charge in [0.1, 0.15) is 24.7 Å². The second-order valence-electron chi connectivity index (χ2n) is 24.9. The number of aryl methyl sites for hydroxylation is 3. The molecule has 4 aromatic carbocycles. The van der Waals surface area contributed by atoms with Crippen LogP contribution in [0.15, 0.2) is 125 Å². The highest BCUT2D eigenvalue weighted by atomic mass is 32.2. The molecule has 0 radical (unpaired) electrons. The third kappa shape index (κ3) is 15.1. The van der Waals surface area contributed by atoms with Crippen LogP contribution in [-0.2, 0) is 85.3 Å². The number of anilines is 1. The molecule has 5 heterocycles. The van der Waals surface area contributed by atoms with Crippen molar-refractivity contribution >= 4 is 67.8 Å². The van der Waals surface area contributed by atoms with Crippen molar-refractivity contribution < 1.29 is 51.8 Å². The Morgan fingerprint density at radius 3 is 2.08 bits per heavy atom. The van der Waals surface area contributed by atoms with E-state index in [0.717, 1.165) is 57.0 Å². The number of pyridine rings is 2. The SMILES string of the molecule is CC[C@@]1(O)C(=O)OCc2c1cc1n(c2=O)Cc2c-1nc1ccc(NC(=O)[C@H](C)NC(=O)[C@@H](NC(=O)CNC(=O)CNC(=O)[C@H](CCCCNC(c3ccccc3)(c3ccccc3)c3ccc(C)cc3)NC(=O)CCCC#Cc3cnc(S(C)(=O)=O)nc3)C(C)C)c3c1c2CCC3. The Morgan fingerprint density at radius 2 is 1.42 bits per heavy atom. The zero-order chi connectivity index (χ0) is 68.5. The summed E-state index contributed by atoms with van der Waals surface area (Å²) in [5.41, 5.74) is 6.97. The maximum atomic E-state index is 14.0. The number of rotatable bonds is 26. The summed E-state index contributed by atoms with van der Waals surface area (Å²) >= 11 is 0. The fourth-order valence-electron chi connectivity index (χ4n) is 12.7. The number of cyclic esters (lactones) is 1. The number of hydrogen-bond donors (Lipinski definition) is 8. The number of aliphatic hydroxyl groups is 1. The lowest BCUT2D eigenvalue weighted by Gasteiger charge is -2.37. The van der Waals surface area contributed by atoms with E-state index in [1.54, 1.807) is 43.5 Å². The van der Waals surface area contributed by atoms with Crippen molar-refractivity contribution in [2.24, 2.45) is 5.92 Å². The van der Waals surface area contributed by atoms with Gasteiger partial charge in [-0.1, -0.05) is 123 Å². The lowest BCUT2D eigenvalue weighted by atomic mass is 9.76. The molecule has 6 amide bonds. The summed E-state index contributed by atoms with van der Waals surface area (Å²) in [6.45, 7) is 8.04. The molecular weight excluding hydrogens is 1240 g/mol. The smallest absolute Gasteiger partial charge is 0.343 e. The van der Waals surface area contributed by atoms with Gasteiger partial charge in [0, 0.05) is 53.7 Å². The second-order valence-corrected chi connectivity index (χ2v) is 26.8. The summed E-state index contributed by atoms with van der Waals surface area (Å²) in [7, 11) is -3.58. The van der Waals surface area contributed by atoms with Crippen LogP contribution in [0, 0.1) is 24.7 Å². The molecule has 0 spiro atoms. The number of nitrogens with zero attached hydrogens (tertiary/aromatic N) is 4. The van der Waals surface area contributed by atoms with Crippen LogP contribution in [0.2, 0.25) is 0 Å². The number of carbonyl (C=O) groups excluding carboxylic acids is 7. The first kappa shape index (κ1) is 68.9. The number of benzene rings is 4. The highest BCUT2D eigenvalue weighted by molar-refractivity contribution is 7.90. The number of nitrogens with one attached hydrogen (secondary N) is 7. The highest BCUT2D eigenvalue weighted by Crippen LogP contribution is 2.44. The molecular formula is C72H79N11O12S. The topological polar surface area (TPSA) is 328 Å². The van der Waals surface area contributed by atoms with Gasteiger partial charge in [0.25, 0.3) is 5.56 Å². The van der Waals surface area contributed by atoms with Crippen molar-refractivity contribution in [2.45, 2.75) is 146 Å². The zero-order valence-electron chi connectivity index (χ0n) is 54.5. The van der Waals surface area contributed by atoms with Crippen LogP contribution in [0.3, 0.4) is 0 Å². The minimum absolute atomic E-state index is 0.0174. The Bertz CT molecular complexity index is 4340. The largest absolute Gasteiger partial charge is 0.458 e. The van der Waals surface area contributed by atoms with Gasteiger partial charge in [-0.2, -0.15) is 0 Å². The predicted octanol–water partition coefficient (Wildman–Crippen LogP) is 5.35. The lowest BCUT2D eigenvalue weighted by molar-refractivity contribution is -0.172. The number of unbranched alkanes of at least 4 members (excludes halogenated alkanes) is 2. The first-order chi connectivity index (χ1) is 46.0. The monoisotopic (exact) mass is 1320 g/mol. The summed E-state index contributed by atoms with van der Waals surface area (Å²) in [5, 5.41) is 32.1. The molecule has 0 fully saturated rings. The van der Waals surface area contributed by atoms with Crippen LogP contribution < -0.4 is 42.8 Å². The molecule has 1 aliphatic carbocycles. The van der Waals surface area contributed by atoms with Gasteiger partial charge in [0.2, 0.25) is 50.4 Å². The van der Waals surface area contributed by atoms with Crippen LogP contribution in [-0.4, -0.2) is 118 Å². The number of carbonyl (C=O) groups is 7. The molecule has 0 bridgehead atoms. The van der Waals surface area contributed by atoms with Crippen molar-refractivity contribution in [3.63, 3.8) is 0 Å². The van der Waals surface area contributed by atoms with Gasteiger partial charge >= 0.3 is 5.97 Å². The van der Waals surface area contributed by atoms with Crippen molar-refractivity contribution in [1.29, 1.82) is 0 Å². The van der Waals surface area contributed by atoms with Crippen molar-refractivity contribution in [2.75, 3.05) is 31.2 Å². The predicted molar refractivity (Wildman–Crippen MR) is 359 cm³/mol. The summed E-state index contributed by atoms with van der Waals surface area (Å²) < 4.78 is 30.4. The number of fused-ring (bicyclic) bond motifs is 5. The van der Waals surface area contributed by atoms with E-state index >= 15 is 0 Å². The van der Waals surface area contributed by atoms with E-state index in [-0.39, 0.29) is 54.3 Å². The Balaban J connectivity index is 0.736. The van der Waals surface area contributed by atoms with Gasteiger partial charge in [-0.25, -0.2) is 28.2 Å². The summed E-state index contributed by atoms with van der Waals surface area (Å²) in [6, 6.07) is 30.7. The molecule has 2 aliphatic heterocycles. The number of hydrogen-bond acceptors (Lipinski definition) is 16. The molecule has 3 aliphatic rings. The van der Waals surface area contributed by atoms with Gasteiger partial charge in [0.15, 0.2) is 5.60 Å². The molecule has 23 nitrogen and oxygen atoms in total. The fourth-order valence-corrected chi connectivity index (χ4v) is 13.2. The summed E-state index contributed by atoms with van der Waals surface area (Å²) in [5.74, 6) is 0.903. The third-order valence-electron chi connectivity index (χ3n) is 17.8. The quantitative estimate of drug-likeness (QED) is 0.0111. The first-order valence-corrected chi connectivity index (χ1v) is 34.2. The van der Waals surface area contributed by atoms with E-state index < -0.39 is 99.5 Å². The standard InChI is InChI=1S/C72H79N11O12S/c1-7-71(92)54-36-58-64-52(41-83(58)68(90)53(54)42-95-69(71)91)50-25-19-26-51-55(33-34-56(80-64)62(50)51)81-65(87)45(5)78-67(89)63(43(2)3)82-61(86)40-73-60(85)39-74-66(88)57(79-59(84)28-16-8-11-20-46-37-75-70(76-38-46)96(6,93)94)27-17-18-35-77-72(47-21-12-9-13-22-47,48-23-14-10-15-24-48)49-31-29-44(4)30-32-49/h9-10,12-15,21-24,29-34,36-38,43,45,57,63,77,92H,7-8,16-19,25-28,35,39-42H2,1-6H3,(H,73,85)(H,74,88)(H,78,89)(H,79,84)(H,81,87)(H,82,86)/t45-,57-,63-,71-/m0/s1. The second kappa shape index (κ2) is 29.8. The molecule has 96 heavy (non-hydrogen) atoms. The maximum Gasteiger partial charge on any atom is 0.343 e. The van der Waals surface area contributed by atoms with E-state index in [4.69, 9.17) is 9.72 Å². The molecule has 24 heteroatoms. The van der Waals surface area contributed by atoms with Crippen molar-refractivity contribution in [3.8, 4) is 23.2 Å². The average Bonchev–Trinajstić information content (AvgIpc) is 1.49. The highest BCUT2D eigenvalue weighted by Gasteiger charge is 2.46. The molecule has 0 saturated heterocycles. The van der Waals surface area contributed by atoms with Crippen LogP contribution in [0.25, 0.3) is 22.3 Å². The van der Waals surface area contributed by atoms with Crippen LogP contribution in [0.4, 0.5) is 5.69 Å². The van der Waals surface area contributed by atoms with Crippen LogP contribution in [0.1, 0.15) is 135 Å². The van der Waals surface area contributed by atoms with Crippen molar-refractivity contribution in [1.82, 2.24) is 51.4 Å². The number of aromatic nitrogens is 4. The van der Waals surface area contributed by atoms with E-state index in [1.807, 2.05) is 43.3 Å². The first-order valence-electron chi connectivity index (χ1n) is 32.3. The van der Waals surface area contributed by atoms with Gasteiger partial charge in [-0.3, -0.25) is 38.9 Å². The van der Waals surface area contributed by atoms with E-state index in [0.29, 0.717) is 73.2 Å². The molecule has 0 saturated carbocycles. The van der Waals surface area contributed by atoms with Gasteiger partial charge in [-0.15, -0.1) is 0 Å². The minimum atomic E-state index is -3.58. The molecule has 3 aromatic heterocycles. The molecule has 0 unspecified atom stereocenters. The number of esters is 1. The number of amides is 6. The maximum absolute atomic E-state index is 14.0. The van der Waals surface area contributed by atoms with E-state index in [2.05, 4.69) is 108 Å². The van der Waals surface area contributed by atoms with Crippen LogP contribution in [0.5, 0.6) is 0 Å². The molecule has 8 N–H and O–H groups in total. The minimum Gasteiger partial charge on any atom is -0.458 e. The van der Waals surface area contributed by atoms with Crippen molar-refractivity contribution in [3.05, 3.63) is 182 Å². The molecule has 500 valence electrons. The number of sulfone groups is 1. The van der Waals surface area contributed by atoms with Crippen LogP contribution >= 0.6 is 0 Å². The molecule has 10 rings (SSSR count). The zero-order valence-corrected chi connectivity index (χ0v) is 55.3. The Kier molecular flexibility index (Phi) is 21.4. The van der Waals surface area contributed by atoms with Gasteiger partial charge in [-0.05, 0) is 124 Å². The summed E-state index contributed by atoms with van der Waals surface area (Å²) in [6.07, 6.45) is 7.59. The Hall–Kier alpha value is -9.96. The lowest BCUT2D eigenvalue weighted by Crippen LogP contribution is -2.55. The van der Waals surface area contributed by atoms with E-state index in [1.165, 1.54) is 19.3 Å². The molecule has 4 atom stereocenters. The van der Waals surface area contributed by atoms with E-state index in [9.17, 15) is 51.9 Å². The Labute approximate surface area is 556 Å². The normalized spacial score (nSPS) is 15.5. The number of ether oxygens (including phenoxy) is 1.